The van der Waals surface area contributed by atoms with Crippen molar-refractivity contribution < 1.29 is 14.7 Å². The van der Waals surface area contributed by atoms with Crippen LogP contribution in [-0.4, -0.2) is 31.4 Å². The lowest BCUT2D eigenvalue weighted by Crippen LogP contribution is -2.08. The third kappa shape index (κ3) is 4.18. The highest BCUT2D eigenvalue weighted by molar-refractivity contribution is 6.33. The molecule has 172 valence electrons. The number of carbonyl (C=O) groups excluding carboxylic acids is 1. The van der Waals surface area contributed by atoms with Crippen LogP contribution in [0.3, 0.4) is 0 Å². The zero-order chi connectivity index (χ0) is 24.6. The number of benzene rings is 1. The van der Waals surface area contributed by atoms with Crippen LogP contribution in [0, 0.1) is 0 Å². The molecule has 0 bridgehead atoms. The van der Waals surface area contributed by atoms with Crippen molar-refractivity contribution in [3.8, 4) is 11.1 Å². The monoisotopic (exact) mass is 474 g/mol. The molecule has 7 nitrogen and oxygen atoms in total. The van der Waals surface area contributed by atoms with Crippen LogP contribution in [0.5, 0.6) is 0 Å². The van der Waals surface area contributed by atoms with E-state index in [1.165, 1.54) is 13.0 Å². The number of halogens is 1. The van der Waals surface area contributed by atoms with Crippen molar-refractivity contribution in [1.82, 2.24) is 14.5 Å². The molecule has 0 amide bonds. The third-order valence-electron chi connectivity index (χ3n) is 5.75. The molecule has 1 aromatic carbocycles. The molecule has 3 N–H and O–H groups in total. The van der Waals surface area contributed by atoms with E-state index in [0.29, 0.717) is 22.4 Å². The minimum absolute atomic E-state index is 0.0286. The van der Waals surface area contributed by atoms with Gasteiger partial charge in [0.1, 0.15) is 0 Å². The second-order valence-corrected chi connectivity index (χ2v) is 8.49. The summed E-state index contributed by atoms with van der Waals surface area (Å²) in [5.74, 6) is -1.24. The molecule has 3 heterocycles. The van der Waals surface area contributed by atoms with Crippen LogP contribution >= 0.6 is 11.6 Å². The molecule has 0 spiro atoms. The Hall–Kier alpha value is -3.97. The fourth-order valence-electron chi connectivity index (χ4n) is 4.13. The number of aromatic nitrogens is 3. The van der Waals surface area contributed by atoms with Gasteiger partial charge < -0.3 is 15.4 Å². The normalized spacial score (nSPS) is 12.9. The molecule has 0 aliphatic carbocycles. The maximum atomic E-state index is 12.3. The Labute approximate surface area is 201 Å². The molecule has 0 radical (unpaired) electrons. The molecule has 4 rings (SSSR count). The molecular weight excluding hydrogens is 452 g/mol. The Morgan fingerprint density at radius 3 is 2.47 bits per heavy atom. The Bertz CT molecular complexity index is 1450. The number of hydrogen-bond donors (Lipinski definition) is 2. The van der Waals surface area contributed by atoms with Gasteiger partial charge in [-0.1, -0.05) is 23.7 Å². The molecule has 8 heteroatoms. The van der Waals surface area contributed by atoms with Gasteiger partial charge >= 0.3 is 5.97 Å². The van der Waals surface area contributed by atoms with Crippen LogP contribution in [-0.2, 0) is 4.79 Å². The molecule has 4 aromatic rings. The molecule has 0 saturated carbocycles. The number of fused-ring (bicyclic) bond motifs is 1. The summed E-state index contributed by atoms with van der Waals surface area (Å²) in [4.78, 5) is 32.8. The average molecular weight is 475 g/mol. The van der Waals surface area contributed by atoms with E-state index >= 15 is 0 Å². The summed E-state index contributed by atoms with van der Waals surface area (Å²) in [6.45, 7) is 5.19. The van der Waals surface area contributed by atoms with Gasteiger partial charge in [0, 0.05) is 41.0 Å². The first kappa shape index (κ1) is 23.2. The lowest BCUT2D eigenvalue weighted by Gasteiger charge is -2.15. The predicted octanol–water partition coefficient (Wildman–Crippen LogP) is 5.34. The zero-order valence-corrected chi connectivity index (χ0v) is 19.7. The van der Waals surface area contributed by atoms with E-state index in [2.05, 4.69) is 9.97 Å². The van der Waals surface area contributed by atoms with Crippen molar-refractivity contribution in [2.75, 3.05) is 0 Å². The Balaban J connectivity index is 1.98. The molecule has 0 saturated heterocycles. The summed E-state index contributed by atoms with van der Waals surface area (Å²) in [6.07, 6.45) is 5.31. The number of Topliss-reactive ketones (excluding diaryl/α,β-unsaturated/α-hetero) is 1. The van der Waals surface area contributed by atoms with Crippen LogP contribution in [0.15, 0.2) is 66.8 Å². The van der Waals surface area contributed by atoms with E-state index < -0.39 is 5.97 Å². The van der Waals surface area contributed by atoms with Crippen LogP contribution in [0.1, 0.15) is 48.4 Å². The van der Waals surface area contributed by atoms with Crippen molar-refractivity contribution in [1.29, 1.82) is 0 Å². The standard InChI is InChI=1S/C26H23ClN4O3/c1-14(28)24(16(3)32)18-11-23-25(30-12-18)20(17-7-8-19(26(33)34)21(27)10-17)13-31(23)15(2)22-6-4-5-9-29-22/h4-13,15H,28H2,1-3H3,(H,33,34)/b24-14+/t15-/m0/s1. The van der Waals surface area contributed by atoms with Crippen molar-refractivity contribution in [3.63, 3.8) is 0 Å². The average Bonchev–Trinajstić information content (AvgIpc) is 3.17. The summed E-state index contributed by atoms with van der Waals surface area (Å²) in [5, 5.41) is 9.46. The van der Waals surface area contributed by atoms with E-state index in [-0.39, 0.29) is 22.4 Å². The molecule has 3 aromatic heterocycles. The molecule has 34 heavy (non-hydrogen) atoms. The number of rotatable bonds is 6. The van der Waals surface area contributed by atoms with E-state index in [9.17, 15) is 14.7 Å². The highest BCUT2D eigenvalue weighted by atomic mass is 35.5. The van der Waals surface area contributed by atoms with E-state index in [1.807, 2.05) is 42.0 Å². The summed E-state index contributed by atoms with van der Waals surface area (Å²) in [6, 6.07) is 12.3. The number of allylic oxidation sites excluding steroid dienone is 2. The maximum absolute atomic E-state index is 12.3. The summed E-state index contributed by atoms with van der Waals surface area (Å²) >= 11 is 6.25. The highest BCUT2D eigenvalue weighted by Gasteiger charge is 2.21. The molecule has 1 atom stereocenters. The number of carbonyl (C=O) groups is 2. The highest BCUT2D eigenvalue weighted by Crippen LogP contribution is 2.36. The van der Waals surface area contributed by atoms with Crippen LogP contribution < -0.4 is 5.73 Å². The van der Waals surface area contributed by atoms with E-state index in [4.69, 9.17) is 17.3 Å². The van der Waals surface area contributed by atoms with Crippen molar-refractivity contribution in [2.24, 2.45) is 5.73 Å². The number of hydrogen-bond acceptors (Lipinski definition) is 5. The zero-order valence-electron chi connectivity index (χ0n) is 18.9. The molecule has 0 unspecified atom stereocenters. The van der Waals surface area contributed by atoms with Crippen LogP contribution in [0.4, 0.5) is 0 Å². The quantitative estimate of drug-likeness (QED) is 0.365. The van der Waals surface area contributed by atoms with Gasteiger partial charge in [0.15, 0.2) is 5.78 Å². The number of ketones is 1. The smallest absolute Gasteiger partial charge is 0.337 e. The molecule has 0 aliphatic heterocycles. The first-order valence-corrected chi connectivity index (χ1v) is 11.0. The Morgan fingerprint density at radius 1 is 1.12 bits per heavy atom. The van der Waals surface area contributed by atoms with E-state index in [1.54, 1.807) is 31.5 Å². The molecule has 0 aliphatic rings. The van der Waals surface area contributed by atoms with Crippen LogP contribution in [0.2, 0.25) is 5.02 Å². The number of carboxylic acids is 1. The third-order valence-corrected chi connectivity index (χ3v) is 6.06. The van der Waals surface area contributed by atoms with Crippen molar-refractivity contribution in [3.05, 3.63) is 88.6 Å². The summed E-state index contributed by atoms with van der Waals surface area (Å²) in [5.41, 5.74) is 11.3. The minimum atomic E-state index is -1.09. The Kier molecular flexibility index (Phi) is 6.22. The van der Waals surface area contributed by atoms with Crippen molar-refractivity contribution >= 4 is 40.0 Å². The van der Waals surface area contributed by atoms with Gasteiger partial charge in [0.25, 0.3) is 0 Å². The fourth-order valence-corrected chi connectivity index (χ4v) is 4.39. The topological polar surface area (TPSA) is 111 Å². The first-order chi connectivity index (χ1) is 16.2. The van der Waals surface area contributed by atoms with E-state index in [0.717, 1.165) is 22.3 Å². The fraction of sp³-hybridized carbons (Fsp3) is 0.154. The number of nitrogens with zero attached hydrogens (tertiary/aromatic N) is 3. The predicted molar refractivity (Wildman–Crippen MR) is 133 cm³/mol. The van der Waals surface area contributed by atoms with Gasteiger partial charge in [-0.2, -0.15) is 0 Å². The molecule has 0 fully saturated rings. The SMILES string of the molecule is CC(=O)/C(=C(/C)N)c1cnc2c(-c3ccc(C(=O)O)c(Cl)c3)cn([C@@H](C)c3ccccn3)c2c1. The lowest BCUT2D eigenvalue weighted by atomic mass is 10.0. The number of pyridine rings is 2. The Morgan fingerprint density at radius 2 is 1.88 bits per heavy atom. The summed E-state index contributed by atoms with van der Waals surface area (Å²) < 4.78 is 2.03. The van der Waals surface area contributed by atoms with Crippen molar-refractivity contribution in [2.45, 2.75) is 26.8 Å². The van der Waals surface area contributed by atoms with Gasteiger partial charge in [-0.25, -0.2) is 4.79 Å². The van der Waals surface area contributed by atoms with Gasteiger partial charge in [-0.3, -0.25) is 14.8 Å². The number of carboxylic acid groups (broad SMARTS) is 1. The second kappa shape index (κ2) is 9.11. The van der Waals surface area contributed by atoms with Gasteiger partial charge in [0.05, 0.1) is 33.4 Å². The van der Waals surface area contributed by atoms with Gasteiger partial charge in [-0.15, -0.1) is 0 Å². The maximum Gasteiger partial charge on any atom is 0.337 e. The molecular formula is C26H23ClN4O3. The first-order valence-electron chi connectivity index (χ1n) is 10.6. The van der Waals surface area contributed by atoms with Crippen LogP contribution in [0.25, 0.3) is 27.7 Å². The van der Waals surface area contributed by atoms with Gasteiger partial charge in [-0.05, 0) is 56.7 Å². The minimum Gasteiger partial charge on any atom is -0.478 e. The number of nitrogens with two attached hydrogens (primary N) is 1. The number of aromatic carboxylic acids is 1. The summed E-state index contributed by atoms with van der Waals surface area (Å²) in [7, 11) is 0. The second-order valence-electron chi connectivity index (χ2n) is 8.09. The van der Waals surface area contributed by atoms with Gasteiger partial charge in [0.2, 0.25) is 0 Å². The lowest BCUT2D eigenvalue weighted by molar-refractivity contribution is -0.111. The largest absolute Gasteiger partial charge is 0.478 e.